The van der Waals surface area contributed by atoms with Gasteiger partial charge < -0.3 is 9.88 Å². The van der Waals surface area contributed by atoms with Crippen molar-refractivity contribution in [2.24, 2.45) is 0 Å². The number of hydrogen-bond acceptors (Lipinski definition) is 3. The fourth-order valence-electron chi connectivity index (χ4n) is 5.68. The van der Waals surface area contributed by atoms with Gasteiger partial charge in [0.15, 0.2) is 0 Å². The van der Waals surface area contributed by atoms with E-state index in [1.165, 1.54) is 54.5 Å². The number of nitrogens with one attached hydrogen (secondary N) is 1. The number of benzene rings is 3. The van der Waals surface area contributed by atoms with Crippen LogP contribution >= 0.6 is 0 Å². The second-order valence-electron chi connectivity index (χ2n) is 9.48. The maximum absolute atomic E-state index is 11.4. The average Bonchev–Trinajstić information content (AvgIpc) is 3.28. The van der Waals surface area contributed by atoms with Gasteiger partial charge in [0.05, 0.1) is 17.1 Å². The summed E-state index contributed by atoms with van der Waals surface area (Å²) < 4.78 is 2.45. The molecule has 0 bridgehead atoms. The quantitative estimate of drug-likeness (QED) is 0.347. The first-order valence-electron chi connectivity index (χ1n) is 12.2. The van der Waals surface area contributed by atoms with Crippen LogP contribution in [0.2, 0.25) is 0 Å². The fourth-order valence-corrected chi connectivity index (χ4v) is 5.68. The van der Waals surface area contributed by atoms with Gasteiger partial charge in [-0.15, -0.1) is 0 Å². The molecule has 0 radical (unpaired) electrons. The first-order valence-corrected chi connectivity index (χ1v) is 12.2. The Kier molecular flexibility index (Phi) is 5.21. The van der Waals surface area contributed by atoms with E-state index in [4.69, 9.17) is 4.98 Å². The monoisotopic (exact) mass is 435 g/mol. The molecule has 1 fully saturated rings. The van der Waals surface area contributed by atoms with Crippen molar-refractivity contribution in [3.05, 3.63) is 83.4 Å². The molecule has 4 heteroatoms. The summed E-state index contributed by atoms with van der Waals surface area (Å²) in [7, 11) is 0. The van der Waals surface area contributed by atoms with Crippen LogP contribution in [0.3, 0.4) is 0 Å². The molecule has 1 saturated carbocycles. The lowest BCUT2D eigenvalue weighted by Crippen LogP contribution is -2.18. The van der Waals surface area contributed by atoms with Crippen molar-refractivity contribution in [1.82, 2.24) is 9.55 Å². The molecule has 1 atom stereocenters. The highest BCUT2D eigenvalue weighted by molar-refractivity contribution is 5.87. The second-order valence-corrected chi connectivity index (χ2v) is 9.48. The van der Waals surface area contributed by atoms with E-state index >= 15 is 0 Å². The van der Waals surface area contributed by atoms with Gasteiger partial charge in [0, 0.05) is 22.9 Å². The summed E-state index contributed by atoms with van der Waals surface area (Å²) in [5.41, 5.74) is 7.84. The topological polar surface area (TPSA) is 46.9 Å². The zero-order valence-corrected chi connectivity index (χ0v) is 18.8. The molecular weight excluding hydrogens is 406 g/mol. The SMILES string of the molecule is O=Cc1ccc2c(c1)nc(-c1ccc3c(c1)CCC(c1ccccc1)N3)n2C1CCCCC1. The standard InChI is InChI=1S/C29H29N3O/c33-19-20-11-16-28-27(17-20)31-29(32(28)24-9-5-2-6-10-24)23-13-15-26-22(18-23)12-14-25(30-26)21-7-3-1-4-8-21/h1,3-4,7-8,11,13,15-19,24-25,30H,2,5-6,9-10,12,14H2. The number of hydrogen-bond donors (Lipinski definition) is 1. The van der Waals surface area contributed by atoms with Gasteiger partial charge in [0.25, 0.3) is 0 Å². The molecule has 4 nitrogen and oxygen atoms in total. The van der Waals surface area contributed by atoms with E-state index in [1.54, 1.807) is 0 Å². The summed E-state index contributed by atoms with van der Waals surface area (Å²) in [5, 5.41) is 3.75. The summed E-state index contributed by atoms with van der Waals surface area (Å²) >= 11 is 0. The summed E-state index contributed by atoms with van der Waals surface area (Å²) in [6.07, 6.45) is 9.29. The van der Waals surface area contributed by atoms with Crippen LogP contribution in [-0.2, 0) is 6.42 Å². The highest BCUT2D eigenvalue weighted by Gasteiger charge is 2.24. The number of aryl methyl sites for hydroxylation is 1. The van der Waals surface area contributed by atoms with Crippen LogP contribution in [0.25, 0.3) is 22.4 Å². The maximum Gasteiger partial charge on any atom is 0.150 e. The number of anilines is 1. The van der Waals surface area contributed by atoms with Crippen molar-refractivity contribution in [2.45, 2.75) is 57.0 Å². The van der Waals surface area contributed by atoms with E-state index in [0.717, 1.165) is 36.0 Å². The Bertz CT molecular complexity index is 1300. The first kappa shape index (κ1) is 20.2. The molecule has 1 aliphatic heterocycles. The van der Waals surface area contributed by atoms with Crippen molar-refractivity contribution >= 4 is 23.0 Å². The predicted octanol–water partition coefficient (Wildman–Crippen LogP) is 7.12. The van der Waals surface area contributed by atoms with E-state index < -0.39 is 0 Å². The van der Waals surface area contributed by atoms with E-state index in [9.17, 15) is 4.79 Å². The molecule has 3 aromatic carbocycles. The summed E-state index contributed by atoms with van der Waals surface area (Å²) in [5.74, 6) is 1.04. The minimum absolute atomic E-state index is 0.359. The molecule has 2 aliphatic rings. The lowest BCUT2D eigenvalue weighted by Gasteiger charge is -2.28. The summed E-state index contributed by atoms with van der Waals surface area (Å²) in [4.78, 5) is 16.4. The number of fused-ring (bicyclic) bond motifs is 2. The van der Waals surface area contributed by atoms with Gasteiger partial charge in [-0.05, 0) is 73.2 Å². The average molecular weight is 436 g/mol. The van der Waals surface area contributed by atoms with Crippen molar-refractivity contribution in [2.75, 3.05) is 5.32 Å². The molecule has 1 aliphatic carbocycles. The van der Waals surface area contributed by atoms with Crippen molar-refractivity contribution in [3.8, 4) is 11.4 Å². The van der Waals surface area contributed by atoms with Crippen LogP contribution in [0.5, 0.6) is 0 Å². The van der Waals surface area contributed by atoms with Gasteiger partial charge in [-0.2, -0.15) is 0 Å². The smallest absolute Gasteiger partial charge is 0.150 e. The molecule has 166 valence electrons. The minimum atomic E-state index is 0.359. The molecule has 33 heavy (non-hydrogen) atoms. The molecule has 1 unspecified atom stereocenters. The third kappa shape index (κ3) is 3.74. The van der Waals surface area contributed by atoms with Crippen molar-refractivity contribution in [1.29, 1.82) is 0 Å². The molecule has 2 heterocycles. The van der Waals surface area contributed by atoms with E-state index in [2.05, 4.69) is 64.5 Å². The van der Waals surface area contributed by atoms with Gasteiger partial charge in [0.2, 0.25) is 0 Å². The number of rotatable bonds is 4. The van der Waals surface area contributed by atoms with Gasteiger partial charge in [0.1, 0.15) is 12.1 Å². The number of aromatic nitrogens is 2. The first-order chi connectivity index (χ1) is 16.3. The number of imidazole rings is 1. The summed E-state index contributed by atoms with van der Waals surface area (Å²) in [6, 6.07) is 24.2. The number of carbonyl (C=O) groups is 1. The van der Waals surface area contributed by atoms with Crippen molar-refractivity contribution < 1.29 is 4.79 Å². The van der Waals surface area contributed by atoms with Gasteiger partial charge in [-0.1, -0.05) is 49.6 Å². The van der Waals surface area contributed by atoms with Crippen LogP contribution in [-0.4, -0.2) is 15.8 Å². The number of nitrogens with zero attached hydrogens (tertiary/aromatic N) is 2. The molecule has 0 spiro atoms. The Morgan fingerprint density at radius 1 is 0.909 bits per heavy atom. The van der Waals surface area contributed by atoms with E-state index in [0.29, 0.717) is 17.6 Å². The number of aldehydes is 1. The molecular formula is C29H29N3O. The van der Waals surface area contributed by atoms with E-state index in [1.807, 2.05) is 12.1 Å². The van der Waals surface area contributed by atoms with Gasteiger partial charge >= 0.3 is 0 Å². The third-order valence-corrected chi connectivity index (χ3v) is 7.39. The molecule has 4 aromatic rings. The van der Waals surface area contributed by atoms with Gasteiger partial charge in [-0.3, -0.25) is 4.79 Å². The van der Waals surface area contributed by atoms with Crippen LogP contribution < -0.4 is 5.32 Å². The van der Waals surface area contributed by atoms with Crippen LogP contribution in [0.1, 0.15) is 72.1 Å². The second kappa shape index (κ2) is 8.51. The number of carbonyl (C=O) groups excluding carboxylic acids is 1. The molecule has 1 aromatic heterocycles. The zero-order chi connectivity index (χ0) is 22.2. The molecule has 6 rings (SSSR count). The summed E-state index contributed by atoms with van der Waals surface area (Å²) in [6.45, 7) is 0. The van der Waals surface area contributed by atoms with Crippen LogP contribution in [0.15, 0.2) is 66.7 Å². The molecule has 0 saturated heterocycles. The lowest BCUT2D eigenvalue weighted by atomic mass is 9.92. The lowest BCUT2D eigenvalue weighted by molar-refractivity contribution is 0.112. The zero-order valence-electron chi connectivity index (χ0n) is 18.8. The Morgan fingerprint density at radius 3 is 2.58 bits per heavy atom. The van der Waals surface area contributed by atoms with E-state index in [-0.39, 0.29) is 0 Å². The van der Waals surface area contributed by atoms with Crippen LogP contribution in [0, 0.1) is 0 Å². The third-order valence-electron chi connectivity index (χ3n) is 7.39. The van der Waals surface area contributed by atoms with Gasteiger partial charge in [-0.25, -0.2) is 4.98 Å². The van der Waals surface area contributed by atoms with Crippen LogP contribution in [0.4, 0.5) is 5.69 Å². The molecule has 0 amide bonds. The highest BCUT2D eigenvalue weighted by atomic mass is 16.1. The Morgan fingerprint density at radius 2 is 1.76 bits per heavy atom. The molecule has 1 N–H and O–H groups in total. The fraction of sp³-hybridized carbons (Fsp3) is 0.310. The predicted molar refractivity (Wildman–Crippen MR) is 134 cm³/mol. The maximum atomic E-state index is 11.4. The normalized spacial score (nSPS) is 18.6. The van der Waals surface area contributed by atoms with Crippen molar-refractivity contribution in [3.63, 3.8) is 0 Å². The Labute approximate surface area is 194 Å². The largest absolute Gasteiger partial charge is 0.378 e. The minimum Gasteiger partial charge on any atom is -0.378 e. The Hall–Kier alpha value is -3.40. The Balaban J connectivity index is 1.40. The highest BCUT2D eigenvalue weighted by Crippen LogP contribution is 2.39.